The Balaban J connectivity index is 1.56. The molecule has 5 aromatic rings. The van der Waals surface area contributed by atoms with E-state index in [1.165, 1.54) is 18.2 Å². The van der Waals surface area contributed by atoms with E-state index in [1.807, 2.05) is 54.6 Å². The fraction of sp³-hybridized carbons (Fsp3) is 0.211. The number of hydrogen-bond acceptors (Lipinski definition) is 5. The molecule has 1 aliphatic carbocycles. The van der Waals surface area contributed by atoms with Crippen molar-refractivity contribution < 1.29 is 32.5 Å². The summed E-state index contributed by atoms with van der Waals surface area (Å²) in [6, 6.07) is 20.9. The second-order valence-corrected chi connectivity index (χ2v) is 11.8. The van der Waals surface area contributed by atoms with E-state index >= 15 is 4.39 Å². The van der Waals surface area contributed by atoms with Crippen LogP contribution < -0.4 is 23.7 Å². The molecule has 0 fully saturated rings. The Morgan fingerprint density at radius 1 is 0.622 bits per heavy atom. The van der Waals surface area contributed by atoms with Gasteiger partial charge in [0.25, 0.3) is 0 Å². The quantitative estimate of drug-likeness (QED) is 0.193. The lowest BCUT2D eigenvalue weighted by Crippen LogP contribution is -2.35. The molecule has 0 bridgehead atoms. The van der Waals surface area contributed by atoms with Gasteiger partial charge in [-0.15, -0.1) is 0 Å². The molecule has 0 spiro atoms. The molecule has 1 heterocycles. The molecule has 2 aliphatic rings. The highest BCUT2D eigenvalue weighted by Crippen LogP contribution is 2.58. The van der Waals surface area contributed by atoms with Gasteiger partial charge in [-0.1, -0.05) is 44.2 Å². The lowest BCUT2D eigenvalue weighted by Gasteiger charge is -2.38. The molecule has 45 heavy (non-hydrogen) atoms. The molecular formula is C38H32F2O5. The predicted octanol–water partition coefficient (Wildman–Crippen LogP) is 8.81. The molecule has 0 saturated heterocycles. The Kier molecular flexibility index (Phi) is 6.55. The molecule has 0 amide bonds. The summed E-state index contributed by atoms with van der Waals surface area (Å²) in [5, 5.41) is 1.44. The van der Waals surface area contributed by atoms with E-state index < -0.39 is 11.0 Å². The number of halogens is 2. The van der Waals surface area contributed by atoms with Gasteiger partial charge in [0, 0.05) is 27.5 Å². The maximum absolute atomic E-state index is 15.1. The molecule has 0 unspecified atom stereocenters. The smallest absolute Gasteiger partial charge is 0.178 e. The van der Waals surface area contributed by atoms with E-state index in [2.05, 4.69) is 13.8 Å². The van der Waals surface area contributed by atoms with Gasteiger partial charge in [0.1, 0.15) is 17.4 Å². The molecule has 7 rings (SSSR count). The normalized spacial score (nSPS) is 15.1. The standard InChI is InChI=1S/C38H32F2O5/c1-37(2)29-20-24(40)10-12-26(29)34-25-11-9-23(39)19-28(25)36-27(35(34)37)15-16-38(45-36,21-7-13-30(41-3)32(17-21)43-5)22-8-14-31(42-4)33(18-22)44-6/h7-20H,1-6H3. The van der Waals surface area contributed by atoms with Crippen LogP contribution >= 0.6 is 0 Å². The maximum Gasteiger partial charge on any atom is 0.178 e. The highest BCUT2D eigenvalue weighted by molar-refractivity contribution is 6.08. The van der Waals surface area contributed by atoms with E-state index in [4.69, 9.17) is 23.7 Å². The van der Waals surface area contributed by atoms with Crippen LogP contribution in [0.4, 0.5) is 8.78 Å². The monoisotopic (exact) mass is 606 g/mol. The number of benzene rings is 5. The van der Waals surface area contributed by atoms with Gasteiger partial charge in [-0.3, -0.25) is 0 Å². The summed E-state index contributed by atoms with van der Waals surface area (Å²) < 4.78 is 59.4. The summed E-state index contributed by atoms with van der Waals surface area (Å²) in [6.45, 7) is 4.18. The van der Waals surface area contributed by atoms with Crippen LogP contribution in [0.25, 0.3) is 28.0 Å². The minimum absolute atomic E-state index is 0.299. The van der Waals surface area contributed by atoms with Crippen molar-refractivity contribution in [2.45, 2.75) is 24.9 Å². The molecule has 5 nitrogen and oxygen atoms in total. The van der Waals surface area contributed by atoms with E-state index in [9.17, 15) is 4.39 Å². The SMILES string of the molecule is COc1ccc(C2(c3ccc(OC)c(OC)c3)C=Cc3c4c(c5ccc(F)cc5c3O2)-c2ccc(F)cc2C4(C)C)cc1OC. The number of hydrogen-bond donors (Lipinski definition) is 0. The molecule has 0 saturated carbocycles. The first-order valence-corrected chi connectivity index (χ1v) is 14.6. The number of ether oxygens (including phenoxy) is 5. The Labute approximate surface area is 260 Å². The molecular weight excluding hydrogens is 574 g/mol. The largest absolute Gasteiger partial charge is 0.493 e. The third-order valence-electron chi connectivity index (χ3n) is 9.18. The molecule has 0 atom stereocenters. The third kappa shape index (κ3) is 4.10. The fourth-order valence-electron chi connectivity index (χ4n) is 7.04. The van der Waals surface area contributed by atoms with Gasteiger partial charge >= 0.3 is 0 Å². The maximum atomic E-state index is 15.1. The molecule has 0 N–H and O–H groups in total. The average molecular weight is 607 g/mol. The molecule has 5 aromatic carbocycles. The van der Waals surface area contributed by atoms with Crippen LogP contribution in [0.2, 0.25) is 0 Å². The zero-order valence-corrected chi connectivity index (χ0v) is 25.9. The molecule has 228 valence electrons. The van der Waals surface area contributed by atoms with Crippen molar-refractivity contribution >= 4 is 16.8 Å². The zero-order chi connectivity index (χ0) is 31.7. The van der Waals surface area contributed by atoms with Crippen molar-refractivity contribution in [1.82, 2.24) is 0 Å². The van der Waals surface area contributed by atoms with Crippen LogP contribution in [-0.4, -0.2) is 28.4 Å². The van der Waals surface area contributed by atoms with Gasteiger partial charge in [-0.2, -0.15) is 0 Å². The molecule has 1 aliphatic heterocycles. The summed E-state index contributed by atoms with van der Waals surface area (Å²) >= 11 is 0. The zero-order valence-electron chi connectivity index (χ0n) is 25.9. The van der Waals surface area contributed by atoms with E-state index in [0.29, 0.717) is 34.1 Å². The van der Waals surface area contributed by atoms with Crippen LogP contribution in [0.5, 0.6) is 28.7 Å². The first-order chi connectivity index (χ1) is 21.7. The van der Waals surface area contributed by atoms with Gasteiger partial charge in [-0.05, 0) is 82.2 Å². The lowest BCUT2D eigenvalue weighted by molar-refractivity contribution is 0.162. The number of fused-ring (bicyclic) bond motifs is 8. The fourth-order valence-corrected chi connectivity index (χ4v) is 7.04. The number of methoxy groups -OCH3 is 4. The average Bonchev–Trinajstić information content (AvgIpc) is 3.29. The predicted molar refractivity (Wildman–Crippen MR) is 171 cm³/mol. The Morgan fingerprint density at radius 2 is 1.20 bits per heavy atom. The van der Waals surface area contributed by atoms with Crippen molar-refractivity contribution in [3.63, 3.8) is 0 Å². The van der Waals surface area contributed by atoms with Crippen LogP contribution in [0, 0.1) is 11.6 Å². The van der Waals surface area contributed by atoms with Crippen molar-refractivity contribution in [3.8, 4) is 39.9 Å². The van der Waals surface area contributed by atoms with Crippen LogP contribution in [0.15, 0.2) is 78.9 Å². The van der Waals surface area contributed by atoms with Crippen LogP contribution in [0.3, 0.4) is 0 Å². The van der Waals surface area contributed by atoms with E-state index in [0.717, 1.165) is 44.3 Å². The molecule has 7 heteroatoms. The van der Waals surface area contributed by atoms with E-state index in [1.54, 1.807) is 40.6 Å². The number of rotatable bonds is 6. The van der Waals surface area contributed by atoms with Gasteiger partial charge in [0.15, 0.2) is 28.6 Å². The Hall–Kier alpha value is -5.04. The Bertz CT molecular complexity index is 1990. The first kappa shape index (κ1) is 28.7. The van der Waals surface area contributed by atoms with Crippen LogP contribution in [-0.2, 0) is 11.0 Å². The van der Waals surface area contributed by atoms with Crippen molar-refractivity contribution in [2.75, 3.05) is 28.4 Å². The summed E-state index contributed by atoms with van der Waals surface area (Å²) in [7, 11) is 6.34. The minimum atomic E-state index is -1.19. The second kappa shape index (κ2) is 10.3. The minimum Gasteiger partial charge on any atom is -0.493 e. The third-order valence-corrected chi connectivity index (χ3v) is 9.18. The summed E-state index contributed by atoms with van der Waals surface area (Å²) in [5.74, 6) is 2.04. The topological polar surface area (TPSA) is 46.2 Å². The molecule has 0 aromatic heterocycles. The van der Waals surface area contributed by atoms with Gasteiger partial charge < -0.3 is 23.7 Å². The van der Waals surface area contributed by atoms with Gasteiger partial charge in [0.2, 0.25) is 0 Å². The second-order valence-electron chi connectivity index (χ2n) is 11.8. The Morgan fingerprint density at radius 3 is 1.80 bits per heavy atom. The summed E-state index contributed by atoms with van der Waals surface area (Å²) in [5.41, 5.74) is 4.35. The summed E-state index contributed by atoms with van der Waals surface area (Å²) in [6.07, 6.45) is 4.04. The van der Waals surface area contributed by atoms with E-state index in [-0.39, 0.29) is 11.6 Å². The van der Waals surface area contributed by atoms with Crippen molar-refractivity contribution in [3.05, 3.63) is 118 Å². The van der Waals surface area contributed by atoms with Gasteiger partial charge in [-0.25, -0.2) is 8.78 Å². The highest BCUT2D eigenvalue weighted by Gasteiger charge is 2.45. The summed E-state index contributed by atoms with van der Waals surface area (Å²) in [4.78, 5) is 0. The lowest BCUT2D eigenvalue weighted by atomic mass is 9.76. The first-order valence-electron chi connectivity index (χ1n) is 14.6. The highest BCUT2D eigenvalue weighted by atomic mass is 19.1. The van der Waals surface area contributed by atoms with Crippen LogP contribution in [0.1, 0.15) is 41.7 Å². The van der Waals surface area contributed by atoms with Crippen molar-refractivity contribution in [1.29, 1.82) is 0 Å². The molecule has 0 radical (unpaired) electrons. The van der Waals surface area contributed by atoms with Gasteiger partial charge in [0.05, 0.1) is 28.4 Å². The van der Waals surface area contributed by atoms with Crippen molar-refractivity contribution in [2.24, 2.45) is 0 Å².